The molecular formula is C17H23NO3S. The highest BCUT2D eigenvalue weighted by Crippen LogP contribution is 2.30. The fraction of sp³-hybridized carbons (Fsp3) is 0.471. The molecule has 1 amide bonds. The van der Waals surface area contributed by atoms with Crippen LogP contribution >= 0.6 is 11.8 Å². The average Bonchev–Trinajstić information content (AvgIpc) is 2.88. The third kappa shape index (κ3) is 4.98. The number of hydrogen-bond acceptors (Lipinski definition) is 4. The number of rotatable bonds is 7. The summed E-state index contributed by atoms with van der Waals surface area (Å²) in [6, 6.07) is 5.13. The SMILES string of the molecule is CC(C)COc1cc(OCC2=CSC(C)C2)cc(C(N)=O)c1. The molecule has 1 aromatic rings. The Morgan fingerprint density at radius 1 is 1.32 bits per heavy atom. The molecule has 0 aromatic heterocycles. The molecule has 0 aliphatic carbocycles. The van der Waals surface area contributed by atoms with Gasteiger partial charge in [0.2, 0.25) is 5.91 Å². The van der Waals surface area contributed by atoms with Gasteiger partial charge in [-0.3, -0.25) is 4.79 Å². The van der Waals surface area contributed by atoms with Crippen molar-refractivity contribution in [3.05, 3.63) is 34.7 Å². The lowest BCUT2D eigenvalue weighted by Crippen LogP contribution is -2.12. The zero-order valence-electron chi connectivity index (χ0n) is 13.3. The van der Waals surface area contributed by atoms with Gasteiger partial charge in [-0.15, -0.1) is 11.8 Å². The number of carbonyl (C=O) groups is 1. The van der Waals surface area contributed by atoms with Crippen LogP contribution in [0.5, 0.6) is 11.5 Å². The normalized spacial score (nSPS) is 17.5. The van der Waals surface area contributed by atoms with Crippen LogP contribution in [-0.4, -0.2) is 24.4 Å². The number of thioether (sulfide) groups is 1. The summed E-state index contributed by atoms with van der Waals surface area (Å²) in [6.45, 7) is 7.45. The Morgan fingerprint density at radius 2 is 2.00 bits per heavy atom. The molecule has 1 aromatic carbocycles. The van der Waals surface area contributed by atoms with E-state index in [0.717, 1.165) is 6.42 Å². The number of carbonyl (C=O) groups excluding carboxylic acids is 1. The Kier molecular flexibility index (Phi) is 5.77. The molecule has 2 N–H and O–H groups in total. The molecule has 0 radical (unpaired) electrons. The smallest absolute Gasteiger partial charge is 0.248 e. The minimum Gasteiger partial charge on any atom is -0.493 e. The van der Waals surface area contributed by atoms with Crippen molar-refractivity contribution in [2.75, 3.05) is 13.2 Å². The molecule has 1 aliphatic rings. The van der Waals surface area contributed by atoms with Crippen LogP contribution in [0.4, 0.5) is 0 Å². The minimum absolute atomic E-state index is 0.402. The zero-order chi connectivity index (χ0) is 16.1. The van der Waals surface area contributed by atoms with Gasteiger partial charge in [-0.25, -0.2) is 0 Å². The van der Waals surface area contributed by atoms with E-state index < -0.39 is 5.91 Å². The maximum absolute atomic E-state index is 11.4. The Balaban J connectivity index is 2.06. The fourth-order valence-electron chi connectivity index (χ4n) is 2.09. The maximum atomic E-state index is 11.4. The zero-order valence-corrected chi connectivity index (χ0v) is 14.1. The fourth-order valence-corrected chi connectivity index (χ4v) is 2.99. The molecule has 2 rings (SSSR count). The van der Waals surface area contributed by atoms with Crippen molar-refractivity contribution < 1.29 is 14.3 Å². The molecule has 0 fully saturated rings. The first kappa shape index (κ1) is 16.7. The largest absolute Gasteiger partial charge is 0.493 e. The van der Waals surface area contributed by atoms with Crippen molar-refractivity contribution in [2.24, 2.45) is 11.7 Å². The summed E-state index contributed by atoms with van der Waals surface area (Å²) in [4.78, 5) is 11.4. The number of ether oxygens (including phenoxy) is 2. The van der Waals surface area contributed by atoms with Gasteiger partial charge >= 0.3 is 0 Å². The van der Waals surface area contributed by atoms with E-state index in [4.69, 9.17) is 15.2 Å². The van der Waals surface area contributed by atoms with E-state index in [-0.39, 0.29) is 0 Å². The number of amides is 1. The molecule has 1 atom stereocenters. The van der Waals surface area contributed by atoms with E-state index in [2.05, 4.69) is 26.2 Å². The van der Waals surface area contributed by atoms with Crippen LogP contribution in [0.3, 0.4) is 0 Å². The van der Waals surface area contributed by atoms with E-state index in [9.17, 15) is 4.79 Å². The van der Waals surface area contributed by atoms with Crippen molar-refractivity contribution in [3.8, 4) is 11.5 Å². The van der Waals surface area contributed by atoms with E-state index in [0.29, 0.717) is 41.4 Å². The Bertz CT molecular complexity index is 569. The summed E-state index contributed by atoms with van der Waals surface area (Å²) in [5.74, 6) is 1.15. The lowest BCUT2D eigenvalue weighted by atomic mass is 10.1. The van der Waals surface area contributed by atoms with Crippen molar-refractivity contribution >= 4 is 17.7 Å². The van der Waals surface area contributed by atoms with Crippen LogP contribution in [0, 0.1) is 5.92 Å². The molecule has 1 heterocycles. The van der Waals surface area contributed by atoms with Crippen LogP contribution in [-0.2, 0) is 0 Å². The molecule has 0 spiro atoms. The van der Waals surface area contributed by atoms with Crippen LogP contribution in [0.15, 0.2) is 29.2 Å². The molecule has 120 valence electrons. The first-order valence-electron chi connectivity index (χ1n) is 7.48. The Hall–Kier alpha value is -1.62. The van der Waals surface area contributed by atoms with Crippen molar-refractivity contribution in [2.45, 2.75) is 32.4 Å². The van der Waals surface area contributed by atoms with Gasteiger partial charge in [-0.05, 0) is 35.5 Å². The molecular weight excluding hydrogens is 298 g/mol. The van der Waals surface area contributed by atoms with Gasteiger partial charge in [0, 0.05) is 16.9 Å². The van der Waals surface area contributed by atoms with E-state index in [1.807, 2.05) is 11.8 Å². The topological polar surface area (TPSA) is 61.6 Å². The highest BCUT2D eigenvalue weighted by Gasteiger charge is 2.14. The average molecular weight is 321 g/mol. The lowest BCUT2D eigenvalue weighted by Gasteiger charge is -2.13. The lowest BCUT2D eigenvalue weighted by molar-refractivity contribution is 0.0999. The second-order valence-electron chi connectivity index (χ2n) is 5.98. The quantitative estimate of drug-likeness (QED) is 0.833. The van der Waals surface area contributed by atoms with Gasteiger partial charge < -0.3 is 15.2 Å². The van der Waals surface area contributed by atoms with Crippen molar-refractivity contribution in [1.82, 2.24) is 0 Å². The number of hydrogen-bond donors (Lipinski definition) is 1. The second kappa shape index (κ2) is 7.58. The Labute approximate surface area is 136 Å². The predicted octanol–water partition coefficient (Wildman–Crippen LogP) is 3.61. The molecule has 1 unspecified atom stereocenters. The van der Waals surface area contributed by atoms with Crippen molar-refractivity contribution in [1.29, 1.82) is 0 Å². The summed E-state index contributed by atoms with van der Waals surface area (Å²) < 4.78 is 11.5. The number of benzene rings is 1. The molecule has 0 saturated heterocycles. The predicted molar refractivity (Wildman–Crippen MR) is 90.5 cm³/mol. The van der Waals surface area contributed by atoms with E-state index in [1.165, 1.54) is 5.57 Å². The maximum Gasteiger partial charge on any atom is 0.248 e. The van der Waals surface area contributed by atoms with Crippen LogP contribution in [0.2, 0.25) is 0 Å². The summed E-state index contributed by atoms with van der Waals surface area (Å²) in [5, 5.41) is 2.76. The van der Waals surface area contributed by atoms with E-state index in [1.54, 1.807) is 18.2 Å². The van der Waals surface area contributed by atoms with Crippen molar-refractivity contribution in [3.63, 3.8) is 0 Å². The monoisotopic (exact) mass is 321 g/mol. The first-order valence-corrected chi connectivity index (χ1v) is 8.42. The highest BCUT2D eigenvalue weighted by molar-refractivity contribution is 8.03. The summed E-state index contributed by atoms with van der Waals surface area (Å²) in [6.07, 6.45) is 1.04. The highest BCUT2D eigenvalue weighted by atomic mass is 32.2. The third-order valence-electron chi connectivity index (χ3n) is 3.19. The van der Waals surface area contributed by atoms with Crippen LogP contribution in [0.1, 0.15) is 37.6 Å². The molecule has 5 heteroatoms. The van der Waals surface area contributed by atoms with Gasteiger partial charge in [0.1, 0.15) is 18.1 Å². The molecule has 0 bridgehead atoms. The standard InChI is InChI=1S/C17H23NO3S/c1-11(2)8-20-15-5-14(17(18)19)6-16(7-15)21-9-13-4-12(3)22-10-13/h5-7,10-12H,4,8-9H2,1-3H3,(H2,18,19). The Morgan fingerprint density at radius 3 is 2.55 bits per heavy atom. The van der Waals surface area contributed by atoms with Crippen LogP contribution in [0.25, 0.3) is 0 Å². The molecule has 22 heavy (non-hydrogen) atoms. The second-order valence-corrected chi connectivity index (χ2v) is 7.29. The minimum atomic E-state index is -0.482. The van der Waals surface area contributed by atoms with E-state index >= 15 is 0 Å². The molecule has 0 saturated carbocycles. The molecule has 4 nitrogen and oxygen atoms in total. The third-order valence-corrected chi connectivity index (χ3v) is 4.29. The molecule has 1 aliphatic heterocycles. The van der Waals surface area contributed by atoms with Gasteiger partial charge in [0.05, 0.1) is 6.61 Å². The van der Waals surface area contributed by atoms with Gasteiger partial charge in [-0.2, -0.15) is 0 Å². The first-order chi connectivity index (χ1) is 10.4. The number of primary amides is 1. The van der Waals surface area contributed by atoms with Gasteiger partial charge in [0.25, 0.3) is 0 Å². The summed E-state index contributed by atoms with van der Waals surface area (Å²) in [7, 11) is 0. The summed E-state index contributed by atoms with van der Waals surface area (Å²) >= 11 is 1.82. The summed E-state index contributed by atoms with van der Waals surface area (Å²) in [5.41, 5.74) is 7.05. The van der Waals surface area contributed by atoms with Gasteiger partial charge in [-0.1, -0.05) is 20.8 Å². The van der Waals surface area contributed by atoms with Gasteiger partial charge in [0.15, 0.2) is 0 Å². The van der Waals surface area contributed by atoms with Crippen LogP contribution < -0.4 is 15.2 Å². The number of nitrogens with two attached hydrogens (primary N) is 1.